The third-order valence-corrected chi connectivity index (χ3v) is 3.57. The van der Waals surface area contributed by atoms with E-state index in [0.29, 0.717) is 0 Å². The van der Waals surface area contributed by atoms with E-state index in [1.165, 1.54) is 4.90 Å². The van der Waals surface area contributed by atoms with Crippen LogP contribution < -0.4 is 10.1 Å². The predicted molar refractivity (Wildman–Crippen MR) is 86.5 cm³/mol. The van der Waals surface area contributed by atoms with Crippen LogP contribution in [0.3, 0.4) is 0 Å². The van der Waals surface area contributed by atoms with Gasteiger partial charge in [-0.2, -0.15) is 0 Å². The molecule has 23 heavy (non-hydrogen) atoms. The molecule has 1 saturated heterocycles. The van der Waals surface area contributed by atoms with E-state index >= 15 is 0 Å². The van der Waals surface area contributed by atoms with Crippen molar-refractivity contribution in [2.24, 2.45) is 0 Å². The van der Waals surface area contributed by atoms with E-state index in [-0.39, 0.29) is 18.1 Å². The molecule has 1 fully saturated rings. The normalized spacial score (nSPS) is 15.9. The van der Waals surface area contributed by atoms with Crippen molar-refractivity contribution in [3.05, 3.63) is 71.4 Å². The van der Waals surface area contributed by atoms with E-state index in [4.69, 9.17) is 4.74 Å². The summed E-state index contributed by atoms with van der Waals surface area (Å²) in [6.45, 7) is 0.255. The number of methoxy groups -OCH3 is 1. The number of amides is 3. The second-order valence-corrected chi connectivity index (χ2v) is 5.14. The van der Waals surface area contributed by atoms with Crippen LogP contribution in [0.2, 0.25) is 0 Å². The second-order valence-electron chi connectivity index (χ2n) is 5.14. The van der Waals surface area contributed by atoms with E-state index in [0.717, 1.165) is 16.9 Å². The molecular weight excluding hydrogens is 292 g/mol. The second kappa shape index (κ2) is 6.36. The average Bonchev–Trinajstić information content (AvgIpc) is 2.84. The number of rotatable bonds is 4. The number of carbonyl (C=O) groups is 2. The predicted octanol–water partition coefficient (Wildman–Crippen LogP) is 2.79. The Bertz CT molecular complexity index is 752. The highest BCUT2D eigenvalue weighted by Gasteiger charge is 2.33. The van der Waals surface area contributed by atoms with Gasteiger partial charge in [-0.1, -0.05) is 42.5 Å². The Kier molecular flexibility index (Phi) is 4.10. The summed E-state index contributed by atoms with van der Waals surface area (Å²) in [6, 6.07) is 16.3. The molecule has 1 heterocycles. The van der Waals surface area contributed by atoms with Crippen LogP contribution in [0, 0.1) is 0 Å². The number of carbonyl (C=O) groups excluding carboxylic acids is 2. The number of urea groups is 1. The first-order chi connectivity index (χ1) is 11.2. The fourth-order valence-corrected chi connectivity index (χ4v) is 2.35. The molecule has 0 unspecified atom stereocenters. The number of nitrogens with zero attached hydrogens (tertiary/aromatic N) is 1. The molecule has 0 spiro atoms. The molecule has 1 N–H and O–H groups in total. The first kappa shape index (κ1) is 14.8. The van der Waals surface area contributed by atoms with Crippen LogP contribution >= 0.6 is 0 Å². The highest BCUT2D eigenvalue weighted by atomic mass is 16.5. The van der Waals surface area contributed by atoms with E-state index in [2.05, 4.69) is 5.32 Å². The average molecular weight is 308 g/mol. The van der Waals surface area contributed by atoms with Crippen molar-refractivity contribution in [2.45, 2.75) is 6.54 Å². The van der Waals surface area contributed by atoms with Gasteiger partial charge in [0.25, 0.3) is 5.91 Å². The third-order valence-electron chi connectivity index (χ3n) is 3.57. The van der Waals surface area contributed by atoms with Gasteiger partial charge >= 0.3 is 6.03 Å². The summed E-state index contributed by atoms with van der Waals surface area (Å²) in [7, 11) is 1.59. The largest absolute Gasteiger partial charge is 0.497 e. The quantitative estimate of drug-likeness (QED) is 0.698. The fraction of sp³-hybridized carbons (Fsp3) is 0.111. The molecule has 0 saturated carbocycles. The molecule has 0 atom stereocenters. The molecule has 0 aliphatic carbocycles. The van der Waals surface area contributed by atoms with Gasteiger partial charge in [0.2, 0.25) is 0 Å². The maximum Gasteiger partial charge on any atom is 0.329 e. The standard InChI is InChI=1S/C18H16N2O3/c1-23-15-9-7-13(8-10-15)11-16-17(21)20(18(22)19-16)12-14-5-3-2-4-6-14/h2-11H,12H2,1H3,(H,19,22). The van der Waals surface area contributed by atoms with Gasteiger partial charge in [0.15, 0.2) is 0 Å². The van der Waals surface area contributed by atoms with Gasteiger partial charge in [0.05, 0.1) is 13.7 Å². The fourth-order valence-electron chi connectivity index (χ4n) is 2.35. The smallest absolute Gasteiger partial charge is 0.329 e. The van der Waals surface area contributed by atoms with E-state index in [1.807, 2.05) is 42.5 Å². The molecule has 3 rings (SSSR count). The lowest BCUT2D eigenvalue weighted by atomic mass is 10.2. The van der Waals surface area contributed by atoms with Crippen LogP contribution in [-0.4, -0.2) is 23.9 Å². The van der Waals surface area contributed by atoms with Gasteiger partial charge in [-0.25, -0.2) is 4.79 Å². The first-order valence-electron chi connectivity index (χ1n) is 7.20. The van der Waals surface area contributed by atoms with Crippen molar-refractivity contribution < 1.29 is 14.3 Å². The Balaban J connectivity index is 1.78. The highest BCUT2D eigenvalue weighted by Crippen LogP contribution is 2.18. The van der Waals surface area contributed by atoms with E-state index in [9.17, 15) is 9.59 Å². The van der Waals surface area contributed by atoms with Crippen LogP contribution in [0.25, 0.3) is 6.08 Å². The van der Waals surface area contributed by atoms with Gasteiger partial charge < -0.3 is 10.1 Å². The molecule has 2 aromatic carbocycles. The van der Waals surface area contributed by atoms with Gasteiger partial charge in [-0.05, 0) is 29.3 Å². The van der Waals surface area contributed by atoms with Gasteiger partial charge in [0.1, 0.15) is 11.4 Å². The molecule has 5 heteroatoms. The number of benzene rings is 2. The van der Waals surface area contributed by atoms with Gasteiger partial charge in [-0.3, -0.25) is 9.69 Å². The van der Waals surface area contributed by atoms with Gasteiger partial charge in [0, 0.05) is 0 Å². The van der Waals surface area contributed by atoms with Crippen LogP contribution in [0.15, 0.2) is 60.3 Å². The zero-order valence-corrected chi connectivity index (χ0v) is 12.7. The van der Waals surface area contributed by atoms with Crippen molar-refractivity contribution >= 4 is 18.0 Å². The Hall–Kier alpha value is -3.08. The summed E-state index contributed by atoms with van der Waals surface area (Å²) in [5, 5.41) is 2.62. The number of ether oxygens (including phenoxy) is 1. The van der Waals surface area contributed by atoms with Crippen LogP contribution in [0.5, 0.6) is 5.75 Å². The Morgan fingerprint density at radius 3 is 2.39 bits per heavy atom. The van der Waals surface area contributed by atoms with E-state index in [1.54, 1.807) is 25.3 Å². The summed E-state index contributed by atoms with van der Waals surface area (Å²) in [5.74, 6) is 0.411. The maximum atomic E-state index is 12.4. The summed E-state index contributed by atoms with van der Waals surface area (Å²) >= 11 is 0. The molecule has 0 bridgehead atoms. The summed E-state index contributed by atoms with van der Waals surface area (Å²) in [5.41, 5.74) is 1.99. The Morgan fingerprint density at radius 1 is 1.04 bits per heavy atom. The topological polar surface area (TPSA) is 58.6 Å². The molecule has 0 aromatic heterocycles. The van der Waals surface area contributed by atoms with Crippen LogP contribution in [0.4, 0.5) is 4.79 Å². The molecule has 116 valence electrons. The van der Waals surface area contributed by atoms with Crippen LogP contribution in [0.1, 0.15) is 11.1 Å². The van der Waals surface area contributed by atoms with Crippen molar-refractivity contribution in [1.82, 2.24) is 10.2 Å². The molecule has 1 aliphatic heterocycles. The van der Waals surface area contributed by atoms with Crippen molar-refractivity contribution in [3.8, 4) is 5.75 Å². The SMILES string of the molecule is COc1ccc(C=C2NC(=O)N(Cc3ccccc3)C2=O)cc1. The van der Waals surface area contributed by atoms with Crippen molar-refractivity contribution in [1.29, 1.82) is 0 Å². The molecule has 2 aromatic rings. The zero-order chi connectivity index (χ0) is 16.2. The Morgan fingerprint density at radius 2 is 1.74 bits per heavy atom. The number of hydrogen-bond donors (Lipinski definition) is 1. The molecule has 5 nitrogen and oxygen atoms in total. The monoisotopic (exact) mass is 308 g/mol. The minimum Gasteiger partial charge on any atom is -0.497 e. The number of nitrogens with one attached hydrogen (secondary N) is 1. The summed E-state index contributed by atoms with van der Waals surface area (Å²) in [4.78, 5) is 25.6. The first-order valence-corrected chi connectivity index (χ1v) is 7.20. The molecular formula is C18H16N2O3. The molecule has 1 aliphatic rings. The lowest BCUT2D eigenvalue weighted by Gasteiger charge is -2.11. The summed E-state index contributed by atoms with van der Waals surface area (Å²) < 4.78 is 5.10. The third kappa shape index (κ3) is 3.23. The summed E-state index contributed by atoms with van der Waals surface area (Å²) in [6.07, 6.45) is 1.66. The Labute approximate surface area is 134 Å². The lowest BCUT2D eigenvalue weighted by Crippen LogP contribution is -2.30. The molecule has 0 radical (unpaired) electrons. The van der Waals surface area contributed by atoms with Gasteiger partial charge in [-0.15, -0.1) is 0 Å². The zero-order valence-electron chi connectivity index (χ0n) is 12.7. The number of hydrogen-bond acceptors (Lipinski definition) is 3. The minimum absolute atomic E-state index is 0.255. The van der Waals surface area contributed by atoms with Crippen molar-refractivity contribution in [2.75, 3.05) is 7.11 Å². The highest BCUT2D eigenvalue weighted by molar-refractivity contribution is 6.13. The number of imide groups is 1. The minimum atomic E-state index is -0.404. The maximum absolute atomic E-state index is 12.4. The van der Waals surface area contributed by atoms with Crippen LogP contribution in [-0.2, 0) is 11.3 Å². The van der Waals surface area contributed by atoms with Crippen molar-refractivity contribution in [3.63, 3.8) is 0 Å². The van der Waals surface area contributed by atoms with E-state index < -0.39 is 6.03 Å². The lowest BCUT2D eigenvalue weighted by molar-refractivity contribution is -0.123. The molecule has 3 amide bonds.